The molecule has 164 valence electrons. The minimum Gasteiger partial charge on any atom is -0.354 e. The maximum Gasteiger partial charge on any atom is 0.227 e. The lowest BCUT2D eigenvalue weighted by atomic mass is 10.2. The van der Waals surface area contributed by atoms with Gasteiger partial charge in [-0.15, -0.1) is 11.8 Å². The summed E-state index contributed by atoms with van der Waals surface area (Å²) in [7, 11) is 2.12. The van der Waals surface area contributed by atoms with E-state index in [0.29, 0.717) is 13.1 Å². The van der Waals surface area contributed by atoms with Gasteiger partial charge in [0.15, 0.2) is 0 Å². The molecule has 1 aromatic carbocycles. The molecule has 1 aromatic heterocycles. The van der Waals surface area contributed by atoms with E-state index in [0.717, 1.165) is 53.9 Å². The van der Waals surface area contributed by atoms with Crippen LogP contribution in [0.25, 0.3) is 0 Å². The molecule has 0 aliphatic carbocycles. The maximum absolute atomic E-state index is 12.7. The predicted octanol–water partition coefficient (Wildman–Crippen LogP) is 2.37. The van der Waals surface area contributed by atoms with Crippen LogP contribution in [0.5, 0.6) is 0 Å². The second kappa shape index (κ2) is 10.2. The molecule has 2 amide bonds. The van der Waals surface area contributed by atoms with Gasteiger partial charge in [0.1, 0.15) is 5.82 Å². The standard InChI is InChI=1S/C23H29N5O2S/c1-26-11-13-27(14-12-26)23-18(5-4-10-24-23)17-25-21(29)8-9-22(30)28-15-16-31-20-7-3-2-6-19(20)28/h2-7,10H,8-9,11-17H2,1H3,(H,25,29). The molecule has 0 atom stereocenters. The zero-order chi connectivity index (χ0) is 21.6. The van der Waals surface area contributed by atoms with Crippen LogP contribution in [0, 0.1) is 0 Å². The van der Waals surface area contributed by atoms with Crippen molar-refractivity contribution in [1.29, 1.82) is 0 Å². The number of amides is 2. The molecule has 0 unspecified atom stereocenters. The average Bonchev–Trinajstić information content (AvgIpc) is 2.81. The van der Waals surface area contributed by atoms with Crippen molar-refractivity contribution in [2.24, 2.45) is 0 Å². The fourth-order valence-electron chi connectivity index (χ4n) is 3.94. The Balaban J connectivity index is 1.29. The van der Waals surface area contributed by atoms with Crippen molar-refractivity contribution in [3.8, 4) is 0 Å². The normalized spacial score (nSPS) is 16.7. The Labute approximate surface area is 187 Å². The van der Waals surface area contributed by atoms with E-state index in [1.165, 1.54) is 0 Å². The van der Waals surface area contributed by atoms with Gasteiger partial charge in [-0.2, -0.15) is 0 Å². The van der Waals surface area contributed by atoms with E-state index in [-0.39, 0.29) is 24.7 Å². The topological polar surface area (TPSA) is 68.8 Å². The molecule has 31 heavy (non-hydrogen) atoms. The highest BCUT2D eigenvalue weighted by Gasteiger charge is 2.23. The third-order valence-corrected chi connectivity index (χ3v) is 6.78. The number of carbonyl (C=O) groups excluding carboxylic acids is 2. The second-order valence-electron chi connectivity index (χ2n) is 7.91. The highest BCUT2D eigenvalue weighted by Crippen LogP contribution is 2.34. The molecule has 7 nitrogen and oxygen atoms in total. The molecule has 1 saturated heterocycles. The molecule has 2 aliphatic heterocycles. The third-order valence-electron chi connectivity index (χ3n) is 5.74. The van der Waals surface area contributed by atoms with E-state index >= 15 is 0 Å². The second-order valence-corrected chi connectivity index (χ2v) is 9.05. The average molecular weight is 440 g/mol. The summed E-state index contributed by atoms with van der Waals surface area (Å²) in [5.41, 5.74) is 1.96. The van der Waals surface area contributed by atoms with Crippen molar-refractivity contribution >= 4 is 35.1 Å². The van der Waals surface area contributed by atoms with Gasteiger partial charge in [-0.3, -0.25) is 9.59 Å². The number of fused-ring (bicyclic) bond motifs is 1. The number of hydrogen-bond acceptors (Lipinski definition) is 6. The molecule has 2 aliphatic rings. The molecule has 0 bridgehead atoms. The lowest BCUT2D eigenvalue weighted by Gasteiger charge is -2.34. The first-order chi connectivity index (χ1) is 15.1. The van der Waals surface area contributed by atoms with E-state index in [1.54, 1.807) is 18.0 Å². The van der Waals surface area contributed by atoms with E-state index in [4.69, 9.17) is 0 Å². The van der Waals surface area contributed by atoms with Gasteiger partial charge in [-0.1, -0.05) is 18.2 Å². The van der Waals surface area contributed by atoms with Crippen molar-refractivity contribution in [3.63, 3.8) is 0 Å². The molecule has 8 heteroatoms. The van der Waals surface area contributed by atoms with Crippen molar-refractivity contribution in [2.45, 2.75) is 24.3 Å². The quantitative estimate of drug-likeness (QED) is 0.745. The van der Waals surface area contributed by atoms with Crippen LogP contribution >= 0.6 is 11.8 Å². The highest BCUT2D eigenvalue weighted by atomic mass is 32.2. The number of hydrogen-bond donors (Lipinski definition) is 1. The van der Waals surface area contributed by atoms with Crippen LogP contribution in [0.2, 0.25) is 0 Å². The first kappa shape index (κ1) is 21.6. The van der Waals surface area contributed by atoms with Gasteiger partial charge < -0.3 is 20.0 Å². The summed E-state index contributed by atoms with van der Waals surface area (Å²) in [6.45, 7) is 4.97. The molecule has 0 saturated carbocycles. The first-order valence-corrected chi connectivity index (χ1v) is 11.8. The monoisotopic (exact) mass is 439 g/mol. The van der Waals surface area contributed by atoms with Crippen molar-refractivity contribution in [3.05, 3.63) is 48.2 Å². The zero-order valence-electron chi connectivity index (χ0n) is 17.9. The van der Waals surface area contributed by atoms with Crippen LogP contribution in [0.1, 0.15) is 18.4 Å². The minimum atomic E-state index is -0.110. The Hall–Kier alpha value is -2.58. The Morgan fingerprint density at radius 1 is 1.03 bits per heavy atom. The Kier molecular flexibility index (Phi) is 7.09. The SMILES string of the molecule is CN1CCN(c2ncccc2CNC(=O)CCC(=O)N2CCSc3ccccc32)CC1. The van der Waals surface area contributed by atoms with Crippen molar-refractivity contribution < 1.29 is 9.59 Å². The van der Waals surface area contributed by atoms with Gasteiger partial charge >= 0.3 is 0 Å². The summed E-state index contributed by atoms with van der Waals surface area (Å²) < 4.78 is 0. The summed E-state index contributed by atoms with van der Waals surface area (Å²) >= 11 is 1.77. The predicted molar refractivity (Wildman–Crippen MR) is 125 cm³/mol. The largest absolute Gasteiger partial charge is 0.354 e. The van der Waals surface area contributed by atoms with Crippen molar-refractivity contribution in [1.82, 2.24) is 15.2 Å². The minimum absolute atomic E-state index is 0.00223. The summed E-state index contributed by atoms with van der Waals surface area (Å²) in [4.78, 5) is 37.3. The van der Waals surface area contributed by atoms with Crippen LogP contribution < -0.4 is 15.1 Å². The van der Waals surface area contributed by atoms with Gasteiger partial charge in [0, 0.05) is 74.5 Å². The Morgan fingerprint density at radius 3 is 2.68 bits per heavy atom. The number of aromatic nitrogens is 1. The Bertz CT molecular complexity index is 930. The fourth-order valence-corrected chi connectivity index (χ4v) is 4.93. The summed E-state index contributed by atoms with van der Waals surface area (Å²) in [6.07, 6.45) is 2.20. The number of pyridine rings is 1. The van der Waals surface area contributed by atoms with Gasteiger partial charge in [0.2, 0.25) is 11.8 Å². The molecular formula is C23H29N5O2S. The van der Waals surface area contributed by atoms with Gasteiger partial charge in [0.05, 0.1) is 5.69 Å². The molecule has 4 rings (SSSR count). The van der Waals surface area contributed by atoms with Gasteiger partial charge in [-0.25, -0.2) is 4.98 Å². The zero-order valence-corrected chi connectivity index (χ0v) is 18.7. The smallest absolute Gasteiger partial charge is 0.227 e. The fraction of sp³-hybridized carbons (Fsp3) is 0.435. The number of piperazine rings is 1. The highest BCUT2D eigenvalue weighted by molar-refractivity contribution is 7.99. The maximum atomic E-state index is 12.7. The van der Waals surface area contributed by atoms with Gasteiger partial charge in [-0.05, 0) is 25.2 Å². The van der Waals surface area contributed by atoms with Crippen molar-refractivity contribution in [2.75, 3.05) is 55.3 Å². The molecule has 2 aromatic rings. The van der Waals surface area contributed by atoms with E-state index < -0.39 is 0 Å². The van der Waals surface area contributed by atoms with Crippen LogP contribution in [-0.2, 0) is 16.1 Å². The molecule has 1 fully saturated rings. The summed E-state index contributed by atoms with van der Waals surface area (Å²) in [5.74, 6) is 1.71. The number of benzene rings is 1. The van der Waals surface area contributed by atoms with Gasteiger partial charge in [0.25, 0.3) is 0 Å². The Morgan fingerprint density at radius 2 is 1.84 bits per heavy atom. The molecular weight excluding hydrogens is 410 g/mol. The van der Waals surface area contributed by atoms with E-state index in [1.807, 2.05) is 41.3 Å². The van der Waals surface area contributed by atoms with E-state index in [2.05, 4.69) is 27.1 Å². The number of nitrogens with one attached hydrogen (secondary N) is 1. The van der Waals surface area contributed by atoms with E-state index in [9.17, 15) is 9.59 Å². The number of nitrogens with zero attached hydrogens (tertiary/aromatic N) is 4. The number of para-hydroxylation sites is 1. The number of anilines is 2. The molecule has 1 N–H and O–H groups in total. The van der Waals surface area contributed by atoms with Crippen LogP contribution in [0.3, 0.4) is 0 Å². The first-order valence-electron chi connectivity index (χ1n) is 10.8. The van der Waals surface area contributed by atoms with Crippen LogP contribution in [0.15, 0.2) is 47.5 Å². The number of rotatable bonds is 6. The molecule has 3 heterocycles. The summed E-state index contributed by atoms with van der Waals surface area (Å²) in [6, 6.07) is 11.9. The summed E-state index contributed by atoms with van der Waals surface area (Å²) in [5, 5.41) is 2.97. The number of thioether (sulfide) groups is 1. The molecule has 0 radical (unpaired) electrons. The lowest BCUT2D eigenvalue weighted by molar-refractivity contribution is -0.125. The lowest BCUT2D eigenvalue weighted by Crippen LogP contribution is -2.45. The van der Waals surface area contributed by atoms with Crippen LogP contribution in [-0.4, -0.2) is 67.2 Å². The number of likely N-dealkylation sites (N-methyl/N-ethyl adjacent to an activating group) is 1. The van der Waals surface area contributed by atoms with Crippen LogP contribution in [0.4, 0.5) is 11.5 Å². The number of carbonyl (C=O) groups is 2. The third kappa shape index (κ3) is 5.37. The molecule has 0 spiro atoms.